The second-order valence-corrected chi connectivity index (χ2v) is 7.01. The van der Waals surface area contributed by atoms with Gasteiger partial charge in [-0.25, -0.2) is 0 Å². The Bertz CT molecular complexity index is 769. The lowest BCUT2D eigenvalue weighted by Crippen LogP contribution is -2.29. The highest BCUT2D eigenvalue weighted by Crippen LogP contribution is 2.53. The van der Waals surface area contributed by atoms with E-state index in [1.807, 2.05) is 24.3 Å². The fourth-order valence-electron chi connectivity index (χ4n) is 3.64. The van der Waals surface area contributed by atoms with Crippen molar-refractivity contribution in [2.75, 3.05) is 5.32 Å². The Balaban J connectivity index is 1.87. The van der Waals surface area contributed by atoms with E-state index in [2.05, 4.69) is 29.6 Å². The summed E-state index contributed by atoms with van der Waals surface area (Å²) < 4.78 is 0. The average Bonchev–Trinajstić information content (AvgIpc) is 3.00. The van der Waals surface area contributed by atoms with Crippen LogP contribution in [-0.2, 0) is 0 Å². The summed E-state index contributed by atoms with van der Waals surface area (Å²) in [7, 11) is 0. The molecule has 2 aliphatic rings. The highest BCUT2D eigenvalue weighted by Gasteiger charge is 2.39. The molecule has 0 spiro atoms. The van der Waals surface area contributed by atoms with Gasteiger partial charge in [0.25, 0.3) is 0 Å². The molecule has 2 aromatic rings. The SMILES string of the molecule is Clc1ccccc1[C@@H]1Nc2c(ccc(Cl)c2Cl)[C@@H]2C=CC[C@H]21. The number of nitrogens with one attached hydrogen (secondary N) is 1. The first-order valence-electron chi connectivity index (χ1n) is 7.32. The Labute approximate surface area is 144 Å². The van der Waals surface area contributed by atoms with Crippen molar-refractivity contribution in [3.05, 3.63) is 74.7 Å². The van der Waals surface area contributed by atoms with E-state index in [0.29, 0.717) is 21.9 Å². The van der Waals surface area contributed by atoms with Crippen molar-refractivity contribution < 1.29 is 0 Å². The maximum absolute atomic E-state index is 6.44. The predicted molar refractivity (Wildman–Crippen MR) is 94.3 cm³/mol. The lowest BCUT2D eigenvalue weighted by molar-refractivity contribution is 0.426. The minimum absolute atomic E-state index is 0.136. The van der Waals surface area contributed by atoms with Gasteiger partial charge in [-0.15, -0.1) is 0 Å². The van der Waals surface area contributed by atoms with Crippen LogP contribution in [0.15, 0.2) is 48.6 Å². The van der Waals surface area contributed by atoms with Gasteiger partial charge in [0.2, 0.25) is 0 Å². The summed E-state index contributed by atoms with van der Waals surface area (Å²) >= 11 is 19.1. The molecule has 4 rings (SSSR count). The van der Waals surface area contributed by atoms with Crippen molar-refractivity contribution in [1.82, 2.24) is 0 Å². The van der Waals surface area contributed by atoms with E-state index < -0.39 is 0 Å². The first kappa shape index (κ1) is 14.4. The van der Waals surface area contributed by atoms with Crippen LogP contribution in [0.3, 0.4) is 0 Å². The number of rotatable bonds is 1. The molecule has 0 radical (unpaired) electrons. The lowest BCUT2D eigenvalue weighted by atomic mass is 9.77. The summed E-state index contributed by atoms with van der Waals surface area (Å²) in [6.45, 7) is 0. The van der Waals surface area contributed by atoms with Crippen molar-refractivity contribution in [3.8, 4) is 0 Å². The molecule has 1 nitrogen and oxygen atoms in total. The quantitative estimate of drug-likeness (QED) is 0.581. The van der Waals surface area contributed by atoms with E-state index >= 15 is 0 Å². The molecule has 1 heterocycles. The molecule has 0 saturated carbocycles. The van der Waals surface area contributed by atoms with Crippen molar-refractivity contribution in [3.63, 3.8) is 0 Å². The van der Waals surface area contributed by atoms with E-state index in [1.54, 1.807) is 0 Å². The van der Waals surface area contributed by atoms with Crippen LogP contribution in [0.4, 0.5) is 5.69 Å². The van der Waals surface area contributed by atoms with Gasteiger partial charge in [0.15, 0.2) is 0 Å². The van der Waals surface area contributed by atoms with E-state index in [-0.39, 0.29) is 6.04 Å². The third-order valence-electron chi connectivity index (χ3n) is 4.67. The first-order chi connectivity index (χ1) is 10.7. The van der Waals surface area contributed by atoms with Gasteiger partial charge in [-0.2, -0.15) is 0 Å². The summed E-state index contributed by atoms with van der Waals surface area (Å²) in [6, 6.07) is 12.1. The zero-order valence-electron chi connectivity index (χ0n) is 11.7. The number of hydrogen-bond donors (Lipinski definition) is 1. The summed E-state index contributed by atoms with van der Waals surface area (Å²) in [4.78, 5) is 0. The van der Waals surface area contributed by atoms with Gasteiger partial charge in [0.05, 0.1) is 21.8 Å². The average molecular weight is 351 g/mol. The van der Waals surface area contributed by atoms with Gasteiger partial charge in [0.1, 0.15) is 0 Å². The van der Waals surface area contributed by atoms with Crippen molar-refractivity contribution in [2.24, 2.45) is 5.92 Å². The number of fused-ring (bicyclic) bond motifs is 3. The van der Waals surface area contributed by atoms with Crippen molar-refractivity contribution in [2.45, 2.75) is 18.4 Å². The Morgan fingerprint density at radius 1 is 0.909 bits per heavy atom. The third kappa shape index (κ3) is 2.15. The number of benzene rings is 2. The smallest absolute Gasteiger partial charge is 0.0826 e. The van der Waals surface area contributed by atoms with Gasteiger partial charge in [-0.1, -0.05) is 71.2 Å². The third-order valence-corrected chi connectivity index (χ3v) is 5.82. The van der Waals surface area contributed by atoms with Crippen LogP contribution in [0.2, 0.25) is 15.1 Å². The van der Waals surface area contributed by atoms with Crippen LogP contribution in [0.25, 0.3) is 0 Å². The van der Waals surface area contributed by atoms with E-state index in [4.69, 9.17) is 34.8 Å². The van der Waals surface area contributed by atoms with Gasteiger partial charge in [-0.3, -0.25) is 0 Å². The lowest BCUT2D eigenvalue weighted by Gasteiger charge is -2.38. The van der Waals surface area contributed by atoms with Crippen LogP contribution < -0.4 is 5.32 Å². The molecule has 1 N–H and O–H groups in total. The van der Waals surface area contributed by atoms with Crippen LogP contribution in [0.1, 0.15) is 29.5 Å². The maximum Gasteiger partial charge on any atom is 0.0826 e. The molecule has 4 heteroatoms. The maximum atomic E-state index is 6.44. The fraction of sp³-hybridized carbons (Fsp3) is 0.222. The standard InChI is InChI=1S/C18H14Cl3N/c19-14-7-2-1-4-13(14)17-11-6-3-5-10(11)12-8-9-15(20)16(21)18(12)22-17/h1-5,7-11,17,22H,6H2/t10-,11-,17-/m1/s1. The highest BCUT2D eigenvalue weighted by molar-refractivity contribution is 6.43. The van der Waals surface area contributed by atoms with E-state index in [9.17, 15) is 0 Å². The second-order valence-electron chi connectivity index (χ2n) is 5.82. The number of halogens is 3. The predicted octanol–water partition coefficient (Wildman–Crippen LogP) is 6.47. The van der Waals surface area contributed by atoms with Gasteiger partial charge >= 0.3 is 0 Å². The monoisotopic (exact) mass is 349 g/mol. The molecule has 0 bridgehead atoms. The fourth-order valence-corrected chi connectivity index (χ4v) is 4.28. The van der Waals surface area contributed by atoms with Gasteiger partial charge in [0, 0.05) is 10.9 Å². The van der Waals surface area contributed by atoms with Gasteiger partial charge < -0.3 is 5.32 Å². The summed E-state index contributed by atoms with van der Waals surface area (Å²) in [5.74, 6) is 0.803. The van der Waals surface area contributed by atoms with Crippen LogP contribution in [-0.4, -0.2) is 0 Å². The zero-order valence-corrected chi connectivity index (χ0v) is 14.0. The molecule has 2 aromatic carbocycles. The molecule has 1 aliphatic carbocycles. The topological polar surface area (TPSA) is 12.0 Å². The van der Waals surface area contributed by atoms with Crippen molar-refractivity contribution in [1.29, 1.82) is 0 Å². The van der Waals surface area contributed by atoms with Crippen LogP contribution >= 0.6 is 34.8 Å². The molecule has 0 aromatic heterocycles. The molecule has 22 heavy (non-hydrogen) atoms. The highest BCUT2D eigenvalue weighted by atomic mass is 35.5. The second kappa shape index (κ2) is 5.49. The van der Waals surface area contributed by atoms with Crippen LogP contribution in [0.5, 0.6) is 0 Å². The Kier molecular flexibility index (Phi) is 3.60. The van der Waals surface area contributed by atoms with E-state index in [1.165, 1.54) is 5.56 Å². The largest absolute Gasteiger partial charge is 0.376 e. The van der Waals surface area contributed by atoms with E-state index in [0.717, 1.165) is 22.7 Å². The van der Waals surface area contributed by atoms with Gasteiger partial charge in [-0.05, 0) is 35.6 Å². The number of anilines is 1. The molecule has 1 aliphatic heterocycles. The molecule has 3 atom stereocenters. The first-order valence-corrected chi connectivity index (χ1v) is 8.45. The molecule has 0 unspecified atom stereocenters. The number of allylic oxidation sites excluding steroid dienone is 2. The molecule has 112 valence electrons. The Hall–Kier alpha value is -1.15. The summed E-state index contributed by atoms with van der Waals surface area (Å²) in [5, 5.41) is 5.55. The van der Waals surface area contributed by atoms with Crippen LogP contribution in [0, 0.1) is 5.92 Å². The molecule has 0 fully saturated rings. The summed E-state index contributed by atoms with van der Waals surface area (Å²) in [5.41, 5.74) is 3.27. The Morgan fingerprint density at radius 3 is 2.55 bits per heavy atom. The molecule has 0 saturated heterocycles. The Morgan fingerprint density at radius 2 is 1.73 bits per heavy atom. The summed E-state index contributed by atoms with van der Waals surface area (Å²) in [6.07, 6.45) is 5.56. The minimum atomic E-state index is 0.136. The van der Waals surface area contributed by atoms with Crippen molar-refractivity contribution >= 4 is 40.5 Å². The normalized spacial score (nSPS) is 25.5. The molecule has 0 amide bonds. The molecular weight excluding hydrogens is 337 g/mol. The minimum Gasteiger partial charge on any atom is -0.376 e. The zero-order chi connectivity index (χ0) is 15.3. The molecular formula is C18H14Cl3N. The number of hydrogen-bond acceptors (Lipinski definition) is 1.